The molecular weight excluding hydrogens is 168 g/mol. The third-order valence-electron chi connectivity index (χ3n) is 4.76. The molecule has 0 saturated heterocycles. The molecule has 1 aliphatic carbocycles. The molecule has 0 spiro atoms. The fraction of sp³-hybridized carbons (Fsp3) is 1.00. The van der Waals surface area contributed by atoms with E-state index in [1.165, 1.54) is 44.9 Å². The van der Waals surface area contributed by atoms with E-state index in [-0.39, 0.29) is 0 Å². The van der Waals surface area contributed by atoms with Crippen molar-refractivity contribution < 1.29 is 0 Å². The Bertz CT molecular complexity index is 161. The van der Waals surface area contributed by atoms with Crippen molar-refractivity contribution in [3.63, 3.8) is 0 Å². The maximum absolute atomic E-state index is 2.48. The Balaban J connectivity index is 2.04. The molecule has 14 heavy (non-hydrogen) atoms. The highest BCUT2D eigenvalue weighted by molar-refractivity contribution is 5.03. The summed E-state index contributed by atoms with van der Waals surface area (Å²) in [6.07, 6.45) is 10.1. The predicted molar refractivity (Wildman–Crippen MR) is 64.4 cm³/mol. The highest BCUT2D eigenvalue weighted by Crippen LogP contribution is 2.62. The summed E-state index contributed by atoms with van der Waals surface area (Å²) in [5.74, 6) is 2.05. The molecule has 0 nitrogen and oxygen atoms in total. The van der Waals surface area contributed by atoms with Crippen molar-refractivity contribution in [1.29, 1.82) is 0 Å². The second-order valence-electron chi connectivity index (χ2n) is 5.46. The molecule has 0 bridgehead atoms. The zero-order valence-corrected chi connectivity index (χ0v) is 10.6. The molecule has 0 radical (unpaired) electrons. The van der Waals surface area contributed by atoms with Crippen molar-refractivity contribution in [2.75, 3.05) is 0 Å². The molecule has 0 aliphatic heterocycles. The molecule has 1 aliphatic rings. The second-order valence-corrected chi connectivity index (χ2v) is 5.46. The van der Waals surface area contributed by atoms with Crippen LogP contribution in [0, 0.1) is 17.3 Å². The van der Waals surface area contributed by atoms with Crippen LogP contribution in [0.2, 0.25) is 0 Å². The standard InChI is InChI=1S/C14H28/c1-5-7-8-9-10-11-13-12(3)14(13,4)6-2/h12-13H,5-11H2,1-4H3. The van der Waals surface area contributed by atoms with E-state index in [9.17, 15) is 0 Å². The largest absolute Gasteiger partial charge is 0.0654 e. The molecule has 1 rings (SSSR count). The van der Waals surface area contributed by atoms with Gasteiger partial charge in [0.05, 0.1) is 0 Å². The van der Waals surface area contributed by atoms with Gasteiger partial charge in [0, 0.05) is 0 Å². The van der Waals surface area contributed by atoms with E-state index in [1.54, 1.807) is 0 Å². The zero-order valence-electron chi connectivity index (χ0n) is 10.6. The van der Waals surface area contributed by atoms with Crippen molar-refractivity contribution in [3.05, 3.63) is 0 Å². The van der Waals surface area contributed by atoms with Gasteiger partial charge < -0.3 is 0 Å². The number of hydrogen-bond donors (Lipinski definition) is 0. The van der Waals surface area contributed by atoms with Crippen LogP contribution in [-0.4, -0.2) is 0 Å². The van der Waals surface area contributed by atoms with E-state index < -0.39 is 0 Å². The van der Waals surface area contributed by atoms with Crippen LogP contribution in [0.15, 0.2) is 0 Å². The summed E-state index contributed by atoms with van der Waals surface area (Å²) >= 11 is 0. The van der Waals surface area contributed by atoms with Gasteiger partial charge in [-0.05, 0) is 23.7 Å². The van der Waals surface area contributed by atoms with Gasteiger partial charge >= 0.3 is 0 Å². The van der Waals surface area contributed by atoms with Crippen molar-refractivity contribution >= 4 is 0 Å². The van der Waals surface area contributed by atoms with Crippen molar-refractivity contribution in [3.8, 4) is 0 Å². The normalized spacial score (nSPS) is 36.0. The van der Waals surface area contributed by atoms with Crippen LogP contribution in [0.25, 0.3) is 0 Å². The predicted octanol–water partition coefficient (Wildman–Crippen LogP) is 5.03. The van der Waals surface area contributed by atoms with Gasteiger partial charge in [0.15, 0.2) is 0 Å². The number of hydrogen-bond acceptors (Lipinski definition) is 0. The first-order valence-corrected chi connectivity index (χ1v) is 6.66. The van der Waals surface area contributed by atoms with Gasteiger partial charge in [-0.2, -0.15) is 0 Å². The maximum Gasteiger partial charge on any atom is -0.0269 e. The fourth-order valence-corrected chi connectivity index (χ4v) is 3.04. The Morgan fingerprint density at radius 1 is 1.00 bits per heavy atom. The third kappa shape index (κ3) is 2.52. The SMILES string of the molecule is CCCCCCCC1C(C)C1(C)CC. The summed E-state index contributed by atoms with van der Waals surface area (Å²) in [4.78, 5) is 0. The van der Waals surface area contributed by atoms with E-state index in [0.29, 0.717) is 5.41 Å². The maximum atomic E-state index is 2.48. The van der Waals surface area contributed by atoms with Gasteiger partial charge in [-0.15, -0.1) is 0 Å². The molecule has 3 atom stereocenters. The summed E-state index contributed by atoms with van der Waals surface area (Å²) in [5.41, 5.74) is 0.713. The Morgan fingerprint density at radius 2 is 1.64 bits per heavy atom. The number of rotatable bonds is 7. The zero-order chi connectivity index (χ0) is 10.6. The Labute approximate surface area is 90.5 Å². The first-order chi connectivity index (χ1) is 6.66. The van der Waals surface area contributed by atoms with Gasteiger partial charge in [-0.25, -0.2) is 0 Å². The summed E-state index contributed by atoms with van der Waals surface area (Å²) < 4.78 is 0. The lowest BCUT2D eigenvalue weighted by molar-refractivity contribution is 0.444. The Morgan fingerprint density at radius 3 is 2.14 bits per heavy atom. The summed E-state index contributed by atoms with van der Waals surface area (Å²) in [7, 11) is 0. The molecule has 0 heterocycles. The number of unbranched alkanes of at least 4 members (excludes halogenated alkanes) is 4. The third-order valence-corrected chi connectivity index (χ3v) is 4.76. The molecule has 0 amide bonds. The minimum absolute atomic E-state index is 0.713. The molecule has 0 aromatic carbocycles. The quantitative estimate of drug-likeness (QED) is 0.501. The topological polar surface area (TPSA) is 0 Å². The molecule has 3 unspecified atom stereocenters. The van der Waals surface area contributed by atoms with Crippen LogP contribution < -0.4 is 0 Å². The van der Waals surface area contributed by atoms with Gasteiger partial charge in [0.2, 0.25) is 0 Å². The van der Waals surface area contributed by atoms with Gasteiger partial charge in [0.1, 0.15) is 0 Å². The summed E-state index contributed by atoms with van der Waals surface area (Å²) in [6.45, 7) is 9.57. The van der Waals surface area contributed by atoms with Crippen molar-refractivity contribution in [1.82, 2.24) is 0 Å². The van der Waals surface area contributed by atoms with E-state index in [0.717, 1.165) is 11.8 Å². The lowest BCUT2D eigenvalue weighted by Crippen LogP contribution is -1.96. The van der Waals surface area contributed by atoms with E-state index >= 15 is 0 Å². The highest BCUT2D eigenvalue weighted by Gasteiger charge is 2.55. The smallest absolute Gasteiger partial charge is 0.0269 e. The van der Waals surface area contributed by atoms with Crippen LogP contribution in [-0.2, 0) is 0 Å². The van der Waals surface area contributed by atoms with Crippen LogP contribution in [0.1, 0.15) is 72.6 Å². The summed E-state index contributed by atoms with van der Waals surface area (Å²) in [5, 5.41) is 0. The fourth-order valence-electron chi connectivity index (χ4n) is 3.04. The molecule has 0 heteroatoms. The molecular formula is C14H28. The van der Waals surface area contributed by atoms with Crippen molar-refractivity contribution in [2.45, 2.75) is 72.6 Å². The molecule has 1 saturated carbocycles. The molecule has 1 fully saturated rings. The first-order valence-electron chi connectivity index (χ1n) is 6.66. The first kappa shape index (κ1) is 12.1. The van der Waals surface area contributed by atoms with Crippen LogP contribution in [0.4, 0.5) is 0 Å². The van der Waals surface area contributed by atoms with Crippen LogP contribution in [0.3, 0.4) is 0 Å². The molecule has 84 valence electrons. The molecule has 0 aromatic heterocycles. The molecule has 0 aromatic rings. The monoisotopic (exact) mass is 196 g/mol. The lowest BCUT2D eigenvalue weighted by atomic mass is 9.99. The minimum atomic E-state index is 0.713. The average molecular weight is 196 g/mol. The van der Waals surface area contributed by atoms with Gasteiger partial charge in [-0.3, -0.25) is 0 Å². The Kier molecular flexibility index (Phi) is 4.47. The van der Waals surface area contributed by atoms with Crippen LogP contribution in [0.5, 0.6) is 0 Å². The van der Waals surface area contributed by atoms with Gasteiger partial charge in [0.25, 0.3) is 0 Å². The molecule has 0 N–H and O–H groups in total. The van der Waals surface area contributed by atoms with Crippen molar-refractivity contribution in [2.24, 2.45) is 17.3 Å². The summed E-state index contributed by atoms with van der Waals surface area (Å²) in [6, 6.07) is 0. The van der Waals surface area contributed by atoms with Gasteiger partial charge in [-0.1, -0.05) is 66.2 Å². The average Bonchev–Trinajstić information content (AvgIpc) is 2.71. The Hall–Kier alpha value is 0. The van der Waals surface area contributed by atoms with Crippen LogP contribution >= 0.6 is 0 Å². The van der Waals surface area contributed by atoms with E-state index in [4.69, 9.17) is 0 Å². The minimum Gasteiger partial charge on any atom is -0.0654 e. The van der Waals surface area contributed by atoms with E-state index in [2.05, 4.69) is 27.7 Å². The highest BCUT2D eigenvalue weighted by atomic mass is 14.6. The lowest BCUT2D eigenvalue weighted by Gasteiger charge is -2.06. The van der Waals surface area contributed by atoms with E-state index in [1.807, 2.05) is 0 Å². The second kappa shape index (κ2) is 5.19.